The van der Waals surface area contributed by atoms with E-state index in [1.54, 1.807) is 0 Å². The summed E-state index contributed by atoms with van der Waals surface area (Å²) in [6.45, 7) is 7.51. The van der Waals surface area contributed by atoms with Crippen LogP contribution in [0.25, 0.3) is 0 Å². The van der Waals surface area contributed by atoms with Crippen LogP contribution in [0.5, 0.6) is 0 Å². The third kappa shape index (κ3) is 3.51. The zero-order valence-corrected chi connectivity index (χ0v) is 11.7. The molecule has 0 amide bonds. The fourth-order valence-corrected chi connectivity index (χ4v) is 2.81. The van der Waals surface area contributed by atoms with Crippen molar-refractivity contribution in [3.63, 3.8) is 0 Å². The first-order chi connectivity index (χ1) is 8.89. The summed E-state index contributed by atoms with van der Waals surface area (Å²) in [5, 5.41) is 3.26. The van der Waals surface area contributed by atoms with E-state index in [1.807, 2.05) is 6.92 Å². The monoisotopic (exact) mass is 269 g/mol. The molecule has 0 saturated carbocycles. The summed E-state index contributed by atoms with van der Waals surface area (Å²) < 4.78 is 33.1. The molecule has 1 heterocycles. The van der Waals surface area contributed by atoms with E-state index in [-0.39, 0.29) is 5.60 Å². The molecule has 2 rings (SSSR count). The van der Waals surface area contributed by atoms with Gasteiger partial charge < -0.3 is 10.1 Å². The Balaban J connectivity index is 2.19. The van der Waals surface area contributed by atoms with Crippen molar-refractivity contribution >= 4 is 0 Å². The van der Waals surface area contributed by atoms with E-state index in [0.29, 0.717) is 18.0 Å². The van der Waals surface area contributed by atoms with Crippen LogP contribution >= 0.6 is 0 Å². The second-order valence-electron chi connectivity index (χ2n) is 5.95. The average molecular weight is 269 g/mol. The van der Waals surface area contributed by atoms with Crippen molar-refractivity contribution in [2.75, 3.05) is 13.1 Å². The van der Waals surface area contributed by atoms with Gasteiger partial charge in [0.2, 0.25) is 0 Å². The molecule has 4 heteroatoms. The van der Waals surface area contributed by atoms with Crippen molar-refractivity contribution in [2.24, 2.45) is 5.92 Å². The quantitative estimate of drug-likeness (QED) is 0.907. The van der Waals surface area contributed by atoms with Crippen molar-refractivity contribution < 1.29 is 13.5 Å². The average Bonchev–Trinajstić information content (AvgIpc) is 2.30. The Morgan fingerprint density at radius 3 is 2.84 bits per heavy atom. The Morgan fingerprint density at radius 1 is 1.42 bits per heavy atom. The minimum Gasteiger partial charge on any atom is -0.365 e. The summed E-state index contributed by atoms with van der Waals surface area (Å²) in [7, 11) is 0. The number of rotatable bonds is 3. The van der Waals surface area contributed by atoms with Crippen molar-refractivity contribution in [1.82, 2.24) is 5.32 Å². The summed E-state index contributed by atoms with van der Waals surface area (Å²) >= 11 is 0. The SMILES string of the molecule is CC(C)CC1(C)CNCC(c2cc(F)ccc2F)O1. The smallest absolute Gasteiger partial charge is 0.129 e. The lowest BCUT2D eigenvalue weighted by Gasteiger charge is -2.40. The molecule has 2 atom stereocenters. The highest BCUT2D eigenvalue weighted by molar-refractivity contribution is 5.22. The van der Waals surface area contributed by atoms with Crippen LogP contribution in [0.1, 0.15) is 38.9 Å². The minimum absolute atomic E-state index is 0.294. The molecule has 1 fully saturated rings. The maximum absolute atomic E-state index is 13.8. The van der Waals surface area contributed by atoms with E-state index >= 15 is 0 Å². The zero-order valence-electron chi connectivity index (χ0n) is 11.7. The molecular weight excluding hydrogens is 248 g/mol. The molecule has 19 heavy (non-hydrogen) atoms. The number of hydrogen-bond donors (Lipinski definition) is 1. The van der Waals surface area contributed by atoms with Gasteiger partial charge in [-0.3, -0.25) is 0 Å². The Hall–Kier alpha value is -1.00. The third-order valence-electron chi connectivity index (χ3n) is 3.40. The number of nitrogens with one attached hydrogen (secondary N) is 1. The molecule has 1 aromatic rings. The van der Waals surface area contributed by atoms with Crippen LogP contribution < -0.4 is 5.32 Å². The first kappa shape index (κ1) is 14.4. The lowest BCUT2D eigenvalue weighted by Crippen LogP contribution is -2.49. The number of ether oxygens (including phenoxy) is 1. The molecule has 1 aromatic carbocycles. The molecule has 1 aliphatic heterocycles. The molecule has 0 aromatic heterocycles. The molecule has 0 radical (unpaired) electrons. The van der Waals surface area contributed by atoms with Gasteiger partial charge in [0.25, 0.3) is 0 Å². The fourth-order valence-electron chi connectivity index (χ4n) is 2.81. The Kier molecular flexibility index (Phi) is 4.21. The maximum atomic E-state index is 13.8. The van der Waals surface area contributed by atoms with E-state index in [4.69, 9.17) is 4.74 Å². The molecule has 2 unspecified atom stereocenters. The summed E-state index contributed by atoms with van der Waals surface area (Å²) in [6, 6.07) is 3.51. The van der Waals surface area contributed by atoms with Crippen LogP contribution in [0.15, 0.2) is 18.2 Å². The molecule has 0 bridgehead atoms. The van der Waals surface area contributed by atoms with E-state index in [1.165, 1.54) is 6.07 Å². The number of halogens is 2. The van der Waals surface area contributed by atoms with Gasteiger partial charge in [-0.05, 0) is 37.5 Å². The van der Waals surface area contributed by atoms with Crippen LogP contribution in [-0.4, -0.2) is 18.7 Å². The molecule has 2 nitrogen and oxygen atoms in total. The van der Waals surface area contributed by atoms with Crippen LogP contribution in [0, 0.1) is 17.6 Å². The Morgan fingerprint density at radius 2 is 2.16 bits per heavy atom. The third-order valence-corrected chi connectivity index (χ3v) is 3.40. The first-order valence-corrected chi connectivity index (χ1v) is 6.73. The lowest BCUT2D eigenvalue weighted by atomic mass is 9.91. The Labute approximate surface area is 113 Å². The van der Waals surface area contributed by atoms with Crippen LogP contribution in [0.4, 0.5) is 8.78 Å². The van der Waals surface area contributed by atoms with E-state index in [2.05, 4.69) is 19.2 Å². The van der Waals surface area contributed by atoms with Gasteiger partial charge in [0.1, 0.15) is 11.6 Å². The van der Waals surface area contributed by atoms with Gasteiger partial charge in [0, 0.05) is 18.7 Å². The second-order valence-corrected chi connectivity index (χ2v) is 5.95. The number of benzene rings is 1. The summed E-state index contributed by atoms with van der Waals surface area (Å²) in [4.78, 5) is 0. The van der Waals surface area contributed by atoms with E-state index < -0.39 is 17.7 Å². The van der Waals surface area contributed by atoms with E-state index in [0.717, 1.165) is 25.1 Å². The first-order valence-electron chi connectivity index (χ1n) is 6.73. The van der Waals surface area contributed by atoms with Gasteiger partial charge in [0.05, 0.1) is 11.7 Å². The lowest BCUT2D eigenvalue weighted by molar-refractivity contribution is -0.118. The summed E-state index contributed by atoms with van der Waals surface area (Å²) in [5.74, 6) is -0.360. The van der Waals surface area contributed by atoms with Gasteiger partial charge >= 0.3 is 0 Å². The Bertz CT molecular complexity index is 450. The van der Waals surface area contributed by atoms with Gasteiger partial charge in [-0.25, -0.2) is 8.78 Å². The minimum atomic E-state index is -0.437. The highest BCUT2D eigenvalue weighted by Gasteiger charge is 2.35. The van der Waals surface area contributed by atoms with Crippen LogP contribution in [0.3, 0.4) is 0 Å². The predicted molar refractivity (Wildman–Crippen MR) is 70.9 cm³/mol. The molecule has 1 saturated heterocycles. The largest absolute Gasteiger partial charge is 0.365 e. The van der Waals surface area contributed by atoms with Gasteiger partial charge in [-0.15, -0.1) is 0 Å². The highest BCUT2D eigenvalue weighted by atomic mass is 19.1. The van der Waals surface area contributed by atoms with Gasteiger partial charge in [0.15, 0.2) is 0 Å². The molecule has 0 aliphatic carbocycles. The number of hydrogen-bond acceptors (Lipinski definition) is 2. The topological polar surface area (TPSA) is 21.3 Å². The maximum Gasteiger partial charge on any atom is 0.129 e. The molecule has 0 spiro atoms. The predicted octanol–water partition coefficient (Wildman–Crippen LogP) is 3.43. The highest BCUT2D eigenvalue weighted by Crippen LogP contribution is 2.32. The molecule has 1 N–H and O–H groups in total. The van der Waals surface area contributed by atoms with Crippen molar-refractivity contribution in [1.29, 1.82) is 0 Å². The van der Waals surface area contributed by atoms with Gasteiger partial charge in [-0.2, -0.15) is 0 Å². The van der Waals surface area contributed by atoms with E-state index in [9.17, 15) is 8.78 Å². The van der Waals surface area contributed by atoms with Crippen molar-refractivity contribution in [3.05, 3.63) is 35.4 Å². The zero-order chi connectivity index (χ0) is 14.0. The fraction of sp³-hybridized carbons (Fsp3) is 0.600. The van der Waals surface area contributed by atoms with Crippen LogP contribution in [0.2, 0.25) is 0 Å². The molecular formula is C15H21F2NO. The second kappa shape index (κ2) is 5.55. The molecule has 106 valence electrons. The van der Waals surface area contributed by atoms with Crippen molar-refractivity contribution in [2.45, 2.75) is 38.9 Å². The summed E-state index contributed by atoms with van der Waals surface area (Å²) in [5.41, 5.74) is -0.0438. The number of morpholine rings is 1. The van der Waals surface area contributed by atoms with Crippen molar-refractivity contribution in [3.8, 4) is 0 Å². The molecule has 1 aliphatic rings. The van der Waals surface area contributed by atoms with Gasteiger partial charge in [-0.1, -0.05) is 13.8 Å². The standard InChI is InChI=1S/C15H21F2NO/c1-10(2)7-15(3)9-18-8-14(19-15)12-6-11(16)4-5-13(12)17/h4-6,10,14,18H,7-9H2,1-3H3. The summed E-state index contributed by atoms with van der Waals surface area (Å²) in [6.07, 6.45) is 0.446. The van der Waals surface area contributed by atoms with Crippen LogP contribution in [-0.2, 0) is 4.74 Å². The normalized spacial score (nSPS) is 27.8.